The smallest absolute Gasteiger partial charge is 0.226 e. The molecule has 730 valence electrons. The van der Waals surface area contributed by atoms with Crippen LogP contribution in [0.4, 0.5) is 0 Å². The van der Waals surface area contributed by atoms with E-state index in [-0.39, 0.29) is 197 Å². The summed E-state index contributed by atoms with van der Waals surface area (Å²) in [5.41, 5.74) is 0.0126. The first-order valence-electron chi connectivity index (χ1n) is 54.0. The number of rotatable bonds is 9. The van der Waals surface area contributed by atoms with Crippen molar-refractivity contribution in [1.29, 1.82) is 0 Å². The minimum absolute atomic E-state index is 0.103. The van der Waals surface area contributed by atoms with E-state index in [4.69, 9.17) is 0 Å². The van der Waals surface area contributed by atoms with Gasteiger partial charge in [0, 0.05) is 103 Å². The second-order valence-electron chi connectivity index (χ2n) is 51.0. The van der Waals surface area contributed by atoms with Crippen molar-refractivity contribution >= 4 is 53.2 Å². The monoisotopic (exact) mass is 1830 g/mol. The van der Waals surface area contributed by atoms with Crippen molar-refractivity contribution in [2.45, 2.75) is 393 Å². The fraction of sp³-hybridized carbons (Fsp3) is 0.914. The van der Waals surface area contributed by atoms with E-state index in [1.165, 1.54) is 70.6 Å². The Morgan fingerprint density at radius 2 is 0.705 bits per heavy atom. The van der Waals surface area contributed by atoms with Crippen molar-refractivity contribution in [1.82, 2.24) is 44.5 Å². The van der Waals surface area contributed by atoms with Crippen molar-refractivity contribution in [3.8, 4) is 0 Å². The van der Waals surface area contributed by atoms with Gasteiger partial charge in [0.05, 0.1) is 109 Å². The van der Waals surface area contributed by atoms with Crippen LogP contribution in [-0.2, 0) is 43.2 Å². The molecule has 23 aliphatic carbocycles. The van der Waals surface area contributed by atoms with Gasteiger partial charge in [0.1, 0.15) is 0 Å². The molecule has 32 rings (SSSR count). The molecule has 0 aromatic heterocycles. The maximum atomic E-state index is 13.1. The van der Waals surface area contributed by atoms with Gasteiger partial charge in [-0.3, -0.25) is 43.2 Å². The first kappa shape index (κ1) is 90.7. The van der Waals surface area contributed by atoms with Crippen molar-refractivity contribution < 1.29 is 89.1 Å². The quantitative estimate of drug-likeness (QED) is 0.116. The highest BCUT2D eigenvalue weighted by Crippen LogP contribution is 2.67. The van der Waals surface area contributed by atoms with Gasteiger partial charge in [0.2, 0.25) is 53.2 Å². The fourth-order valence-electron chi connectivity index (χ4n) is 39.3. The van der Waals surface area contributed by atoms with Gasteiger partial charge in [0.15, 0.2) is 0 Å². The van der Waals surface area contributed by atoms with Crippen LogP contribution in [0.25, 0.3) is 0 Å². The molecule has 32 aliphatic rings. The number of likely N-dealkylation sites (tertiary alicyclic amines) is 8. The molecule has 27 heteroatoms. The summed E-state index contributed by atoms with van der Waals surface area (Å²) in [6.07, 6.45) is 33.5. The number of nitrogens with zero attached hydrogens (tertiary/aromatic N) is 8. The van der Waals surface area contributed by atoms with Gasteiger partial charge in [-0.25, -0.2) is 0 Å². The SMILES string of the molecule is CC(C)(C)N1C(=O)C2CC3CC2C1C3O.CC(C)N1C(=O)C2CC3CC2C1C3O.CCCCN1C(=O)C2CC3CC2C1C3O.CCCN1C(=O)C2CC3CC2C1C3O.CCN1C(=O)C2CC3CC2C1C3O.CN1C(=O)C2CC3CC2C1C3O.O=C1C2CC3CC2C(C3O)N1C12CC3CC(CC(C3)C1)C2.O=C1C2CC3CC2C(C3O)N1C1CCCCC1.O=C1NC2C(O)C3CC1C2C3. The molecule has 9 saturated heterocycles. The van der Waals surface area contributed by atoms with Gasteiger partial charge in [-0.05, 0) is 346 Å². The van der Waals surface area contributed by atoms with Crippen LogP contribution in [0.2, 0.25) is 0 Å². The Morgan fingerprint density at radius 1 is 0.348 bits per heavy atom. The number of likely N-dealkylation sites (N-methyl/N-ethyl adjacent to an activating group) is 2. The van der Waals surface area contributed by atoms with Crippen LogP contribution < -0.4 is 5.32 Å². The van der Waals surface area contributed by atoms with E-state index in [2.05, 4.69) is 49.7 Å². The van der Waals surface area contributed by atoms with E-state index < -0.39 is 0 Å². The molecular weight excluding hydrogens is 1680 g/mol. The molecule has 45 unspecified atom stereocenters. The predicted octanol–water partition coefficient (Wildman–Crippen LogP) is 6.58. The van der Waals surface area contributed by atoms with Crippen LogP contribution in [-0.4, -0.2) is 297 Å². The number of hydrogen-bond donors (Lipinski definition) is 10. The Kier molecular flexibility index (Phi) is 22.7. The second-order valence-corrected chi connectivity index (χ2v) is 51.0. The molecule has 9 amide bonds. The lowest BCUT2D eigenvalue weighted by Gasteiger charge is -2.61. The van der Waals surface area contributed by atoms with Gasteiger partial charge in [-0.15, -0.1) is 0 Å². The minimum Gasteiger partial charge on any atom is -0.391 e. The number of amides is 9. The third-order valence-corrected chi connectivity index (χ3v) is 43.8. The van der Waals surface area contributed by atoms with Gasteiger partial charge in [-0.2, -0.15) is 0 Å². The normalized spacial score (nSPS) is 52.8. The Bertz CT molecular complexity index is 4500. The number of aliphatic hydroxyl groups excluding tert-OH is 9. The zero-order valence-electron chi connectivity index (χ0n) is 79.9. The lowest BCUT2D eigenvalue weighted by atomic mass is 9.52. The van der Waals surface area contributed by atoms with Crippen LogP contribution in [0.3, 0.4) is 0 Å². The Morgan fingerprint density at radius 3 is 1.15 bits per heavy atom. The zero-order valence-corrected chi connectivity index (χ0v) is 79.9. The molecule has 45 atom stereocenters. The lowest BCUT2D eigenvalue weighted by molar-refractivity contribution is -0.154. The number of nitrogens with one attached hydrogen (secondary N) is 1. The third-order valence-electron chi connectivity index (χ3n) is 43.8. The Hall–Kier alpha value is -5.13. The molecule has 32 fully saturated rings. The van der Waals surface area contributed by atoms with Gasteiger partial charge < -0.3 is 90.5 Å². The maximum Gasteiger partial charge on any atom is 0.226 e. The maximum absolute atomic E-state index is 13.1. The first-order valence-corrected chi connectivity index (χ1v) is 54.0. The third kappa shape index (κ3) is 13.3. The molecule has 0 aromatic carbocycles. The molecule has 23 saturated carbocycles. The average Bonchev–Trinajstić information content (AvgIpc) is 1.48. The van der Waals surface area contributed by atoms with Gasteiger partial charge >= 0.3 is 0 Å². The van der Waals surface area contributed by atoms with E-state index in [9.17, 15) is 89.1 Å². The largest absolute Gasteiger partial charge is 0.391 e. The number of aliphatic hydroxyl groups is 9. The van der Waals surface area contributed by atoms with E-state index in [1.54, 1.807) is 4.90 Å². The number of carbonyl (C=O) groups is 9. The van der Waals surface area contributed by atoms with E-state index in [0.29, 0.717) is 148 Å². The summed E-state index contributed by atoms with van der Waals surface area (Å²) < 4.78 is 0. The van der Waals surface area contributed by atoms with Crippen LogP contribution in [0, 0.1) is 178 Å². The summed E-state index contributed by atoms with van der Waals surface area (Å²) in [4.78, 5) is 124. The molecule has 27 nitrogen and oxygen atoms in total. The highest BCUT2D eigenvalue weighted by Gasteiger charge is 2.73. The lowest BCUT2D eigenvalue weighted by Crippen LogP contribution is -2.63. The van der Waals surface area contributed by atoms with Gasteiger partial charge in [-0.1, -0.05) is 39.5 Å². The van der Waals surface area contributed by atoms with E-state index >= 15 is 0 Å². The molecule has 10 N–H and O–H groups in total. The van der Waals surface area contributed by atoms with Crippen molar-refractivity contribution in [2.75, 3.05) is 26.7 Å². The number of unbranched alkanes of at least 4 members (excludes halogenated alkanes) is 1. The van der Waals surface area contributed by atoms with Crippen LogP contribution in [0.15, 0.2) is 0 Å². The van der Waals surface area contributed by atoms with Crippen molar-refractivity contribution in [3.05, 3.63) is 0 Å². The summed E-state index contributed by atoms with van der Waals surface area (Å²) in [6.45, 7) is 19.0. The topological polar surface area (TPSA) is 374 Å². The molecular formula is C105H157N9O18. The summed E-state index contributed by atoms with van der Waals surface area (Å²) in [5, 5.41) is 93.6. The molecule has 0 spiro atoms. The molecule has 0 radical (unpaired) electrons. The van der Waals surface area contributed by atoms with Crippen molar-refractivity contribution in [2.24, 2.45) is 178 Å². The van der Waals surface area contributed by atoms with Crippen LogP contribution >= 0.6 is 0 Å². The highest BCUT2D eigenvalue weighted by atomic mass is 16.3. The first-order chi connectivity index (χ1) is 63.1. The second kappa shape index (κ2) is 33.0. The van der Waals surface area contributed by atoms with Crippen LogP contribution in [0.1, 0.15) is 261 Å². The molecule has 132 heavy (non-hydrogen) atoms. The summed E-state index contributed by atoms with van der Waals surface area (Å²) in [6, 6.07) is 2.10. The van der Waals surface area contributed by atoms with Crippen LogP contribution in [0.5, 0.6) is 0 Å². The summed E-state index contributed by atoms with van der Waals surface area (Å²) in [7, 11) is 1.83. The average molecular weight is 1830 g/mol. The molecule has 22 bridgehead atoms. The Labute approximate surface area is 780 Å². The predicted molar refractivity (Wildman–Crippen MR) is 482 cm³/mol. The van der Waals surface area contributed by atoms with Crippen molar-refractivity contribution in [3.63, 3.8) is 0 Å². The summed E-state index contributed by atoms with van der Waals surface area (Å²) >= 11 is 0. The Balaban J connectivity index is 0.0000000847. The fourth-order valence-corrected chi connectivity index (χ4v) is 39.3. The molecule has 0 aromatic rings. The number of carbonyl (C=O) groups excluding carboxylic acids is 9. The number of fused-ring (bicyclic) bond motifs is 9. The standard InChI is InChI=1S/C18H25NO2.C14H21NO2.2C12H19NO2.2C11H17NO2.C10H15NO2.C9H13NO2.C8H11NO2/c20-16-12-4-13-14(5-12)17(21)19(15(13)16)18-6-9-1-10(7-18)3-11(2-9)8-18;16-13-8-6-10-11(7-8)14(17)15(12(10)13)9-4-2-1-3-5-9;1-12(2,3)13-9-7-4-6(10(9)14)5-8(7)11(13)15;1-2-3-4-13-10-8-5-7(11(10)14)6-9(8)12(13)15;1-5(2)12-9-7-3-6(10(9)13)4-8(7)11(12)14;1-2-3-12-9-7-4-6(10(9)13)5-8(7)11(12)14;1-2-11-8-6-3-5(9(8)12)4-7(6)10(11)13;1-10-7-5-2-4(8(7)11)3-6(5)9(10)12;10-7-3-1-4-5(2-3)8(11)9-6(4)7/h9-16,20H,1-8H2;8-13,16H,1-7H2;6-10,14H,4-5H2,1-3H3;7-11,14H,2-6H2,1H3;5-10,13H,3-4H2,1-2H3;6-10,13H,2-5H2,1H3;5-9,12H,2-4H2,1H3;4-8,11H,2-3H2,1H3;3-7,10H,1-2H2,(H,9,11). The highest BCUT2D eigenvalue weighted by molar-refractivity contribution is 5.88. The van der Waals surface area contributed by atoms with E-state index in [1.807, 2.05) is 52.3 Å². The van der Waals surface area contributed by atoms with E-state index in [0.717, 1.165) is 172 Å². The molecule has 9 heterocycles. The molecule has 9 aliphatic heterocycles. The zero-order chi connectivity index (χ0) is 92.1. The minimum atomic E-state index is -0.267. The summed E-state index contributed by atoms with van der Waals surface area (Å²) in [5.74, 6) is 15.7. The van der Waals surface area contributed by atoms with Gasteiger partial charge in [0.25, 0.3) is 0 Å². The number of hydrogen-bond acceptors (Lipinski definition) is 18.